The monoisotopic (exact) mass is 953 g/mol. The zero-order valence-corrected chi connectivity index (χ0v) is 40.5. The number of allylic oxidation sites excluding steroid dienone is 1. The molecule has 0 atom stereocenters. The predicted molar refractivity (Wildman–Crippen MR) is 273 cm³/mol. The van der Waals surface area contributed by atoms with Gasteiger partial charge in [-0.2, -0.15) is 5.10 Å². The minimum atomic E-state index is -0.599. The number of piperazine rings is 1. The highest BCUT2D eigenvalue weighted by Gasteiger charge is 2.26. The molecule has 0 aliphatic carbocycles. The van der Waals surface area contributed by atoms with Gasteiger partial charge in [-0.15, -0.1) is 6.58 Å². The summed E-state index contributed by atoms with van der Waals surface area (Å²) >= 11 is 0. The number of halogens is 1. The lowest BCUT2D eigenvalue weighted by atomic mass is 10.0. The van der Waals surface area contributed by atoms with E-state index in [0.717, 1.165) is 29.7 Å². The number of ether oxygens (including phenoxy) is 1. The first kappa shape index (κ1) is 53.7. The molecule has 70 heavy (non-hydrogen) atoms. The number of aldehydes is 1. The molecule has 0 bridgehead atoms. The molecular formula is C54H64FN9O6. The molecule has 1 fully saturated rings. The number of aromatic nitrogens is 3. The summed E-state index contributed by atoms with van der Waals surface area (Å²) in [5.74, 6) is -1.27. The third kappa shape index (κ3) is 16.2. The van der Waals surface area contributed by atoms with Crippen molar-refractivity contribution in [3.05, 3.63) is 171 Å². The molecule has 368 valence electrons. The highest BCUT2D eigenvalue weighted by Crippen LogP contribution is 2.25. The second kappa shape index (κ2) is 28.3. The van der Waals surface area contributed by atoms with Crippen LogP contribution in [0.2, 0.25) is 0 Å². The third-order valence-electron chi connectivity index (χ3n) is 11.2. The van der Waals surface area contributed by atoms with E-state index in [9.17, 15) is 28.4 Å². The fourth-order valence-corrected chi connectivity index (χ4v) is 7.54. The van der Waals surface area contributed by atoms with Gasteiger partial charge in [0.2, 0.25) is 11.8 Å². The van der Waals surface area contributed by atoms with E-state index in [1.807, 2.05) is 63.4 Å². The second-order valence-corrected chi connectivity index (χ2v) is 16.5. The van der Waals surface area contributed by atoms with Crippen molar-refractivity contribution in [2.75, 3.05) is 77.9 Å². The molecule has 3 heterocycles. The molecule has 1 aliphatic heterocycles. The van der Waals surface area contributed by atoms with Crippen molar-refractivity contribution in [3.8, 4) is 11.1 Å². The molecule has 4 aromatic carbocycles. The number of aryl methyl sites for hydroxylation is 2. The van der Waals surface area contributed by atoms with Crippen molar-refractivity contribution in [3.63, 3.8) is 0 Å². The van der Waals surface area contributed by atoms with Crippen molar-refractivity contribution >= 4 is 40.5 Å². The van der Waals surface area contributed by atoms with E-state index in [1.165, 1.54) is 17.2 Å². The number of anilines is 1. The van der Waals surface area contributed by atoms with E-state index in [0.29, 0.717) is 92.9 Å². The first-order valence-electron chi connectivity index (χ1n) is 23.4. The molecule has 0 unspecified atom stereocenters. The second-order valence-electron chi connectivity index (χ2n) is 16.5. The molecule has 7 rings (SSSR count). The fourth-order valence-electron chi connectivity index (χ4n) is 7.54. The van der Waals surface area contributed by atoms with Crippen molar-refractivity contribution in [1.82, 2.24) is 40.9 Å². The number of rotatable bonds is 19. The van der Waals surface area contributed by atoms with Gasteiger partial charge in [-0.3, -0.25) is 29.0 Å². The van der Waals surface area contributed by atoms with E-state index >= 15 is 0 Å². The number of likely N-dealkylation sites (N-methyl/N-ethyl adjacent to an activating group) is 1. The van der Waals surface area contributed by atoms with E-state index < -0.39 is 11.7 Å². The Morgan fingerprint density at radius 1 is 0.829 bits per heavy atom. The van der Waals surface area contributed by atoms with Gasteiger partial charge in [-0.1, -0.05) is 91.4 Å². The molecule has 2 aromatic heterocycles. The summed E-state index contributed by atoms with van der Waals surface area (Å²) in [4.78, 5) is 68.9. The number of nitrogens with one attached hydrogen (secondary N) is 5. The number of carbonyl (C=O) groups excluding carboxylic acids is 4. The standard InChI is InChI=1S/C27H33FN6O4.C24H25N3O2.C3H6/c1-29-8-14-38-15-9-30-18-25(35)33-10-12-34(13-11-33)27(37)22-16-19(6-7-23(22)28)17-24-20-4-2-3-5-21(20)26(36)32-31-24;1-3-18-7-5-9-20(11-18)21-12-22(23(16-28)26-14-21)27-24(29)15-25-13-19-8-4-6-17(2)10-19;1-3-2/h2-7,16,29-30H,8-15,17-18H2,1H3,(H,32,36);4-12,14,16,25H,3,13,15H2,1-2H3,(H,27,29);3H,1H2,2H3. The molecule has 5 N–H and O–H groups in total. The Hall–Kier alpha value is -7.24. The molecule has 6 aromatic rings. The van der Waals surface area contributed by atoms with Gasteiger partial charge in [0.05, 0.1) is 48.6 Å². The first-order valence-corrected chi connectivity index (χ1v) is 23.4. The van der Waals surface area contributed by atoms with Gasteiger partial charge >= 0.3 is 0 Å². The zero-order valence-electron chi connectivity index (χ0n) is 40.5. The lowest BCUT2D eigenvalue weighted by Crippen LogP contribution is -2.52. The SMILES string of the molecule is C=CC.CCc1cccc(-c2cnc(C=O)c(NC(=O)CNCc3cccc(C)c3)c2)c1.CNCCOCCNCC(=O)N1CCN(C(=O)c2cc(Cc3n[nH]c(=O)c4ccccc34)ccc2F)CC1. The van der Waals surface area contributed by atoms with Gasteiger partial charge in [0.25, 0.3) is 11.5 Å². The maximum atomic E-state index is 14.7. The summed E-state index contributed by atoms with van der Waals surface area (Å²) in [6.07, 6.45) is 5.32. The Bertz CT molecular complexity index is 2760. The average Bonchev–Trinajstić information content (AvgIpc) is 3.37. The Labute approximate surface area is 408 Å². The van der Waals surface area contributed by atoms with Crippen LogP contribution >= 0.6 is 0 Å². The predicted octanol–water partition coefficient (Wildman–Crippen LogP) is 6.12. The molecular weight excluding hydrogens is 890 g/mol. The summed E-state index contributed by atoms with van der Waals surface area (Å²) in [7, 11) is 1.86. The van der Waals surface area contributed by atoms with Crippen LogP contribution in [0, 0.1) is 12.7 Å². The Morgan fingerprint density at radius 3 is 2.27 bits per heavy atom. The number of aromatic amines is 1. The summed E-state index contributed by atoms with van der Waals surface area (Å²) in [5.41, 5.74) is 7.05. The smallest absolute Gasteiger partial charge is 0.272 e. The van der Waals surface area contributed by atoms with Crippen LogP contribution in [0.4, 0.5) is 10.1 Å². The molecule has 0 saturated carbocycles. The zero-order chi connectivity index (χ0) is 50.3. The number of nitrogens with zero attached hydrogens (tertiary/aromatic N) is 4. The lowest BCUT2D eigenvalue weighted by Gasteiger charge is -2.35. The lowest BCUT2D eigenvalue weighted by molar-refractivity contribution is -0.131. The maximum absolute atomic E-state index is 14.7. The largest absolute Gasteiger partial charge is 0.379 e. The Balaban J connectivity index is 0.000000255. The minimum absolute atomic E-state index is 0.0176. The normalized spacial score (nSPS) is 12.0. The van der Waals surface area contributed by atoms with Crippen LogP contribution in [-0.2, 0) is 33.7 Å². The number of carbonyl (C=O) groups is 4. The summed E-state index contributed by atoms with van der Waals surface area (Å²) in [6.45, 7) is 14.2. The highest BCUT2D eigenvalue weighted by molar-refractivity contribution is 5.97. The van der Waals surface area contributed by atoms with Crippen LogP contribution in [0.1, 0.15) is 62.6 Å². The fraction of sp³-hybridized carbons (Fsp3) is 0.315. The Morgan fingerprint density at radius 2 is 1.54 bits per heavy atom. The molecule has 15 nitrogen and oxygen atoms in total. The van der Waals surface area contributed by atoms with Crippen LogP contribution in [0.25, 0.3) is 21.9 Å². The number of benzene rings is 4. The van der Waals surface area contributed by atoms with E-state index in [-0.39, 0.29) is 41.7 Å². The summed E-state index contributed by atoms with van der Waals surface area (Å²) in [5, 5.41) is 19.9. The number of hydrogen-bond acceptors (Lipinski definition) is 11. The van der Waals surface area contributed by atoms with Crippen molar-refractivity contribution in [1.29, 1.82) is 0 Å². The van der Waals surface area contributed by atoms with Crippen LogP contribution in [0.3, 0.4) is 0 Å². The molecule has 0 spiro atoms. The van der Waals surface area contributed by atoms with Crippen LogP contribution in [0.15, 0.2) is 121 Å². The number of H-pyrrole nitrogens is 1. The van der Waals surface area contributed by atoms with E-state index in [4.69, 9.17) is 4.74 Å². The Kier molecular flexibility index (Phi) is 21.7. The molecule has 16 heteroatoms. The van der Waals surface area contributed by atoms with Crippen LogP contribution in [0.5, 0.6) is 0 Å². The molecule has 1 saturated heterocycles. The van der Waals surface area contributed by atoms with Gasteiger partial charge in [-0.05, 0) is 73.8 Å². The van der Waals surface area contributed by atoms with Crippen molar-refractivity contribution < 1.29 is 28.3 Å². The number of fused-ring (bicyclic) bond motifs is 1. The molecule has 1 aliphatic rings. The van der Waals surface area contributed by atoms with Gasteiger partial charge in [-0.25, -0.2) is 9.49 Å². The first-order chi connectivity index (χ1) is 34.0. The van der Waals surface area contributed by atoms with Crippen molar-refractivity contribution in [2.24, 2.45) is 0 Å². The molecule has 3 amide bonds. The number of amides is 3. The van der Waals surface area contributed by atoms with Gasteiger partial charge < -0.3 is 35.8 Å². The average molecular weight is 954 g/mol. The number of pyridine rings is 1. The summed E-state index contributed by atoms with van der Waals surface area (Å²) < 4.78 is 20.1. The highest BCUT2D eigenvalue weighted by atomic mass is 19.1. The number of hydrogen-bond donors (Lipinski definition) is 5. The van der Waals surface area contributed by atoms with Gasteiger partial charge in [0.15, 0.2) is 6.29 Å². The third-order valence-corrected chi connectivity index (χ3v) is 11.2. The topological polar surface area (TPSA) is 191 Å². The maximum Gasteiger partial charge on any atom is 0.272 e. The van der Waals surface area contributed by atoms with Crippen LogP contribution < -0.4 is 26.8 Å². The van der Waals surface area contributed by atoms with E-state index in [1.54, 1.807) is 52.4 Å². The summed E-state index contributed by atoms with van der Waals surface area (Å²) in [6, 6.07) is 29.6. The van der Waals surface area contributed by atoms with Crippen molar-refractivity contribution in [2.45, 2.75) is 40.2 Å². The quantitative estimate of drug-likeness (QED) is 0.0358. The molecule has 0 radical (unpaired) electrons. The van der Waals surface area contributed by atoms with Gasteiger partial charge in [0.1, 0.15) is 11.5 Å². The minimum Gasteiger partial charge on any atom is -0.379 e. The van der Waals surface area contributed by atoms with E-state index in [2.05, 4.69) is 68.2 Å². The van der Waals surface area contributed by atoms with Crippen LogP contribution in [-0.4, -0.2) is 122 Å². The van der Waals surface area contributed by atoms with Gasteiger partial charge in [0, 0.05) is 69.4 Å².